The highest BCUT2D eigenvalue weighted by molar-refractivity contribution is 6.32. The zero-order valence-electron chi connectivity index (χ0n) is 23.1. The molecule has 0 N–H and O–H groups in total. The van der Waals surface area contributed by atoms with Gasteiger partial charge in [-0.3, -0.25) is 9.59 Å². The molecule has 1 aromatic heterocycles. The van der Waals surface area contributed by atoms with Crippen LogP contribution in [0.5, 0.6) is 5.75 Å². The van der Waals surface area contributed by atoms with E-state index in [9.17, 15) is 9.59 Å². The van der Waals surface area contributed by atoms with Crippen LogP contribution in [0.4, 0.5) is 5.82 Å². The normalized spacial score (nSPS) is 17.4. The summed E-state index contributed by atoms with van der Waals surface area (Å²) in [5, 5.41) is 0.259. The van der Waals surface area contributed by atoms with Gasteiger partial charge >= 0.3 is 0 Å². The number of aromatic nitrogens is 1. The fourth-order valence-corrected chi connectivity index (χ4v) is 5.12. The maximum atomic E-state index is 12.0. The first-order chi connectivity index (χ1) is 18.3. The van der Waals surface area contributed by atoms with E-state index in [1.807, 2.05) is 31.3 Å². The number of piperidine rings is 1. The number of ether oxygens (including phenoxy) is 2. The summed E-state index contributed by atoms with van der Waals surface area (Å²) in [4.78, 5) is 32.5. The van der Waals surface area contributed by atoms with Crippen LogP contribution in [-0.4, -0.2) is 81.6 Å². The average molecular weight is 545 g/mol. The fraction of sp³-hybridized carbons (Fsp3) is 0.552. The van der Waals surface area contributed by atoms with Gasteiger partial charge < -0.3 is 24.2 Å². The molecule has 208 valence electrons. The van der Waals surface area contributed by atoms with Gasteiger partial charge in [0.2, 0.25) is 6.41 Å². The van der Waals surface area contributed by atoms with Gasteiger partial charge in [-0.25, -0.2) is 4.98 Å². The Hall–Kier alpha value is -2.84. The number of rotatable bonds is 9. The Bertz CT molecular complexity index is 1040. The lowest BCUT2D eigenvalue weighted by molar-refractivity contribution is -0.117. The standard InChI is InChI=1S/C18H27ClN4O2.C11H14O2/c1-21(2)18(25)15-6-7-16(20-17(15)19)23-11-8-14(9-12-23)5-4-10-22(3)13-24;1-12-10-6-3-2-5-9(10)11-7-4-8-13-11/h6-7,13-14H,4-5,8-12H2,1-3H3;2-3,5-6,11H,4,7-8H2,1H3. The minimum Gasteiger partial charge on any atom is -0.496 e. The zero-order chi connectivity index (χ0) is 27.5. The molecular formula is C29H41ClN4O4. The van der Waals surface area contributed by atoms with Crippen molar-refractivity contribution >= 4 is 29.7 Å². The van der Waals surface area contributed by atoms with E-state index in [4.69, 9.17) is 21.1 Å². The predicted octanol–water partition coefficient (Wildman–Crippen LogP) is 5.07. The molecule has 2 fully saturated rings. The van der Waals surface area contributed by atoms with Crippen LogP contribution in [0.3, 0.4) is 0 Å². The quantitative estimate of drug-likeness (QED) is 0.324. The van der Waals surface area contributed by atoms with E-state index in [2.05, 4.69) is 16.0 Å². The van der Waals surface area contributed by atoms with Crippen LogP contribution < -0.4 is 9.64 Å². The highest BCUT2D eigenvalue weighted by atomic mass is 35.5. The minimum atomic E-state index is -0.136. The molecule has 1 atom stereocenters. The molecule has 2 saturated heterocycles. The molecule has 8 nitrogen and oxygen atoms in total. The number of amides is 2. The maximum absolute atomic E-state index is 12.0. The van der Waals surface area contributed by atoms with Crippen molar-refractivity contribution in [3.63, 3.8) is 0 Å². The van der Waals surface area contributed by atoms with Gasteiger partial charge in [-0.1, -0.05) is 29.8 Å². The van der Waals surface area contributed by atoms with Crippen molar-refractivity contribution in [1.29, 1.82) is 0 Å². The number of hydrogen-bond acceptors (Lipinski definition) is 6. The van der Waals surface area contributed by atoms with Gasteiger partial charge in [-0.15, -0.1) is 0 Å². The number of pyridine rings is 1. The first-order valence-corrected chi connectivity index (χ1v) is 13.7. The summed E-state index contributed by atoms with van der Waals surface area (Å²) in [7, 11) is 6.91. The van der Waals surface area contributed by atoms with E-state index in [1.165, 1.54) is 10.5 Å². The highest BCUT2D eigenvalue weighted by Crippen LogP contribution is 2.34. The number of hydrogen-bond donors (Lipinski definition) is 0. The lowest BCUT2D eigenvalue weighted by atomic mass is 9.92. The Morgan fingerprint density at radius 3 is 2.50 bits per heavy atom. The number of nitrogens with zero attached hydrogens (tertiary/aromatic N) is 4. The van der Waals surface area contributed by atoms with Crippen LogP contribution in [0.15, 0.2) is 36.4 Å². The second-order valence-electron chi connectivity index (χ2n) is 10.1. The van der Waals surface area contributed by atoms with Gasteiger partial charge in [-0.05, 0) is 62.6 Å². The summed E-state index contributed by atoms with van der Waals surface area (Å²) in [5.41, 5.74) is 1.62. The van der Waals surface area contributed by atoms with Crippen LogP contribution in [0.1, 0.15) is 60.6 Å². The maximum Gasteiger partial charge on any atom is 0.256 e. The molecule has 1 unspecified atom stereocenters. The van der Waals surface area contributed by atoms with Crippen molar-refractivity contribution < 1.29 is 19.1 Å². The third kappa shape index (κ3) is 8.33. The van der Waals surface area contributed by atoms with E-state index < -0.39 is 0 Å². The summed E-state index contributed by atoms with van der Waals surface area (Å²) >= 11 is 6.21. The van der Waals surface area contributed by atoms with Gasteiger partial charge in [-0.2, -0.15) is 0 Å². The Labute approximate surface area is 231 Å². The first-order valence-electron chi connectivity index (χ1n) is 13.4. The van der Waals surface area contributed by atoms with Crippen molar-refractivity contribution in [3.8, 4) is 5.75 Å². The summed E-state index contributed by atoms with van der Waals surface area (Å²) in [5.74, 6) is 2.33. The topological polar surface area (TPSA) is 75.2 Å². The average Bonchev–Trinajstić information content (AvgIpc) is 3.48. The van der Waals surface area contributed by atoms with Crippen LogP contribution in [-0.2, 0) is 9.53 Å². The van der Waals surface area contributed by atoms with E-state index >= 15 is 0 Å². The molecule has 3 heterocycles. The largest absolute Gasteiger partial charge is 0.496 e. The van der Waals surface area contributed by atoms with Crippen LogP contribution in [0.2, 0.25) is 5.15 Å². The monoisotopic (exact) mass is 544 g/mol. The second-order valence-corrected chi connectivity index (χ2v) is 10.5. The van der Waals surface area contributed by atoms with Crippen LogP contribution in [0, 0.1) is 5.92 Å². The molecule has 4 rings (SSSR count). The molecule has 2 aromatic rings. The number of para-hydroxylation sites is 1. The zero-order valence-corrected chi connectivity index (χ0v) is 23.8. The Kier molecular flexibility index (Phi) is 11.7. The fourth-order valence-electron chi connectivity index (χ4n) is 4.89. The third-order valence-corrected chi connectivity index (χ3v) is 7.42. The van der Waals surface area contributed by atoms with E-state index in [0.717, 1.165) is 82.7 Å². The molecule has 0 saturated carbocycles. The molecule has 38 heavy (non-hydrogen) atoms. The number of halogens is 1. The lowest BCUT2D eigenvalue weighted by Gasteiger charge is -2.33. The second kappa shape index (κ2) is 14.9. The van der Waals surface area contributed by atoms with Crippen molar-refractivity contribution in [2.45, 2.75) is 44.6 Å². The van der Waals surface area contributed by atoms with Crippen LogP contribution in [0.25, 0.3) is 0 Å². The number of carbonyl (C=O) groups is 2. The molecule has 0 spiro atoms. The molecule has 2 aliphatic heterocycles. The van der Waals surface area contributed by atoms with Gasteiger partial charge in [0.15, 0.2) is 0 Å². The van der Waals surface area contributed by atoms with E-state index in [1.54, 1.807) is 32.2 Å². The highest BCUT2D eigenvalue weighted by Gasteiger charge is 2.22. The smallest absolute Gasteiger partial charge is 0.256 e. The number of methoxy groups -OCH3 is 1. The molecule has 0 aliphatic carbocycles. The third-order valence-electron chi connectivity index (χ3n) is 7.13. The summed E-state index contributed by atoms with van der Waals surface area (Å²) in [6.45, 7) is 3.59. The first kappa shape index (κ1) is 29.7. The molecule has 0 bridgehead atoms. The van der Waals surface area contributed by atoms with Gasteiger partial charge in [0.1, 0.15) is 16.7 Å². The van der Waals surface area contributed by atoms with Gasteiger partial charge in [0, 0.05) is 52.9 Å². The number of anilines is 1. The molecular weight excluding hydrogens is 504 g/mol. The number of carbonyl (C=O) groups excluding carboxylic acids is 2. The van der Waals surface area contributed by atoms with Crippen molar-refractivity contribution in [2.24, 2.45) is 5.92 Å². The number of benzene rings is 1. The summed E-state index contributed by atoms with van der Waals surface area (Å²) in [6, 6.07) is 11.7. The SMILES string of the molecule is CN(C=O)CCCC1CCN(c2ccc(C(=O)N(C)C)c(Cl)n2)CC1.COc1ccccc1C1CCCO1. The molecule has 9 heteroatoms. The Morgan fingerprint density at radius 2 is 1.89 bits per heavy atom. The predicted molar refractivity (Wildman–Crippen MR) is 151 cm³/mol. The Balaban J connectivity index is 0.000000256. The molecule has 0 radical (unpaired) electrons. The van der Waals surface area contributed by atoms with Crippen LogP contribution >= 0.6 is 11.6 Å². The van der Waals surface area contributed by atoms with Crippen molar-refractivity contribution in [1.82, 2.24) is 14.8 Å². The van der Waals surface area contributed by atoms with E-state index in [-0.39, 0.29) is 17.2 Å². The lowest BCUT2D eigenvalue weighted by Crippen LogP contribution is -2.34. The van der Waals surface area contributed by atoms with Gasteiger partial charge in [0.25, 0.3) is 5.91 Å². The van der Waals surface area contributed by atoms with Gasteiger partial charge in [0.05, 0.1) is 18.8 Å². The van der Waals surface area contributed by atoms with Crippen molar-refractivity contribution in [2.75, 3.05) is 59.4 Å². The summed E-state index contributed by atoms with van der Waals surface area (Å²) in [6.07, 6.45) is 7.81. The minimum absolute atomic E-state index is 0.136. The summed E-state index contributed by atoms with van der Waals surface area (Å²) < 4.78 is 10.9. The molecule has 2 amide bonds. The molecule has 1 aromatic carbocycles. The van der Waals surface area contributed by atoms with E-state index in [0.29, 0.717) is 11.5 Å². The molecule has 2 aliphatic rings. The van der Waals surface area contributed by atoms with Crippen molar-refractivity contribution in [3.05, 3.63) is 52.7 Å². The Morgan fingerprint density at radius 1 is 1.16 bits per heavy atom.